The molecule has 0 spiro atoms. The van der Waals surface area contributed by atoms with Crippen LogP contribution in [0.25, 0.3) is 0 Å². The first kappa shape index (κ1) is 11.8. The minimum absolute atomic E-state index is 0.263. The SMILES string of the molecule is Cc1cc(C(C)C)nc(NCC(F)F)n1. The Morgan fingerprint density at radius 2 is 2.00 bits per heavy atom. The van der Waals surface area contributed by atoms with E-state index in [4.69, 9.17) is 0 Å². The second kappa shape index (κ2) is 5.00. The molecule has 1 rings (SSSR count). The number of nitrogens with zero attached hydrogens (tertiary/aromatic N) is 2. The van der Waals surface area contributed by atoms with Gasteiger partial charge < -0.3 is 5.32 Å². The van der Waals surface area contributed by atoms with Crippen LogP contribution in [0, 0.1) is 6.92 Å². The number of anilines is 1. The maximum absolute atomic E-state index is 12.0. The van der Waals surface area contributed by atoms with E-state index in [1.54, 1.807) is 0 Å². The molecule has 0 aliphatic heterocycles. The molecule has 0 amide bonds. The van der Waals surface area contributed by atoms with Gasteiger partial charge in [-0.05, 0) is 18.9 Å². The van der Waals surface area contributed by atoms with Crippen molar-refractivity contribution in [3.05, 3.63) is 17.5 Å². The third-order valence-electron chi connectivity index (χ3n) is 1.88. The van der Waals surface area contributed by atoms with E-state index >= 15 is 0 Å². The van der Waals surface area contributed by atoms with Crippen LogP contribution in [-0.2, 0) is 0 Å². The highest BCUT2D eigenvalue weighted by atomic mass is 19.3. The normalized spacial score (nSPS) is 11.1. The summed E-state index contributed by atoms with van der Waals surface area (Å²) < 4.78 is 23.9. The van der Waals surface area contributed by atoms with Gasteiger partial charge >= 0.3 is 0 Å². The van der Waals surface area contributed by atoms with Gasteiger partial charge in [0.15, 0.2) is 0 Å². The summed E-state index contributed by atoms with van der Waals surface area (Å²) in [5.74, 6) is 0.540. The van der Waals surface area contributed by atoms with E-state index in [1.165, 1.54) is 0 Å². The van der Waals surface area contributed by atoms with E-state index in [-0.39, 0.29) is 11.9 Å². The molecule has 0 aliphatic rings. The first-order chi connectivity index (χ1) is 6.99. The van der Waals surface area contributed by atoms with Gasteiger partial charge in [0.2, 0.25) is 5.95 Å². The van der Waals surface area contributed by atoms with Crippen LogP contribution in [0.4, 0.5) is 14.7 Å². The van der Waals surface area contributed by atoms with Gasteiger partial charge in [0.1, 0.15) is 0 Å². The van der Waals surface area contributed by atoms with Crippen molar-refractivity contribution in [2.24, 2.45) is 0 Å². The van der Waals surface area contributed by atoms with E-state index in [0.29, 0.717) is 0 Å². The highest BCUT2D eigenvalue weighted by Crippen LogP contribution is 2.14. The molecule has 1 aromatic rings. The zero-order valence-electron chi connectivity index (χ0n) is 9.09. The maximum Gasteiger partial charge on any atom is 0.255 e. The summed E-state index contributed by atoms with van der Waals surface area (Å²) >= 11 is 0. The van der Waals surface area contributed by atoms with E-state index in [9.17, 15) is 8.78 Å². The van der Waals surface area contributed by atoms with Crippen molar-refractivity contribution in [2.45, 2.75) is 33.1 Å². The molecule has 1 N–H and O–H groups in total. The number of halogens is 2. The zero-order chi connectivity index (χ0) is 11.4. The van der Waals surface area contributed by atoms with Crippen LogP contribution in [0.15, 0.2) is 6.07 Å². The molecule has 0 bridgehead atoms. The third kappa shape index (κ3) is 3.77. The molecule has 0 saturated carbocycles. The van der Waals surface area contributed by atoms with Crippen molar-refractivity contribution in [3.8, 4) is 0 Å². The van der Waals surface area contributed by atoms with Crippen molar-refractivity contribution in [1.29, 1.82) is 0 Å². The molecule has 0 saturated heterocycles. The number of alkyl halides is 2. The van der Waals surface area contributed by atoms with Gasteiger partial charge in [-0.15, -0.1) is 0 Å². The lowest BCUT2D eigenvalue weighted by atomic mass is 10.1. The number of hydrogen-bond acceptors (Lipinski definition) is 3. The van der Waals surface area contributed by atoms with Crippen LogP contribution in [-0.4, -0.2) is 22.9 Å². The molecule has 5 heteroatoms. The van der Waals surface area contributed by atoms with Crippen LogP contribution in [0.3, 0.4) is 0 Å². The highest BCUT2D eigenvalue weighted by molar-refractivity contribution is 5.29. The van der Waals surface area contributed by atoms with Crippen molar-refractivity contribution < 1.29 is 8.78 Å². The minimum Gasteiger partial charge on any atom is -0.348 e. The lowest BCUT2D eigenvalue weighted by Crippen LogP contribution is -2.13. The van der Waals surface area contributed by atoms with Crippen molar-refractivity contribution >= 4 is 5.95 Å². The van der Waals surface area contributed by atoms with E-state index in [2.05, 4.69) is 15.3 Å². The van der Waals surface area contributed by atoms with Gasteiger partial charge in [-0.25, -0.2) is 18.7 Å². The first-order valence-electron chi connectivity index (χ1n) is 4.86. The standard InChI is InChI=1S/C10H15F2N3/c1-6(2)8-4-7(3)14-10(15-8)13-5-9(11)12/h4,6,9H,5H2,1-3H3,(H,13,14,15). The molecule has 3 nitrogen and oxygen atoms in total. The molecule has 0 aliphatic carbocycles. The van der Waals surface area contributed by atoms with Gasteiger partial charge in [-0.1, -0.05) is 13.8 Å². The molecule has 1 aromatic heterocycles. The fraction of sp³-hybridized carbons (Fsp3) is 0.600. The molecular weight excluding hydrogens is 200 g/mol. The molecule has 1 heterocycles. The Morgan fingerprint density at radius 1 is 1.33 bits per heavy atom. The van der Waals surface area contributed by atoms with Gasteiger partial charge in [-0.2, -0.15) is 0 Å². The molecule has 84 valence electrons. The monoisotopic (exact) mass is 215 g/mol. The Morgan fingerprint density at radius 3 is 2.53 bits per heavy atom. The Bertz CT molecular complexity index is 326. The maximum atomic E-state index is 12.0. The van der Waals surface area contributed by atoms with Crippen LogP contribution in [0.2, 0.25) is 0 Å². The minimum atomic E-state index is -2.39. The van der Waals surface area contributed by atoms with Crippen molar-refractivity contribution in [2.75, 3.05) is 11.9 Å². The second-order valence-corrected chi connectivity index (χ2v) is 3.68. The number of rotatable bonds is 4. The molecular formula is C10H15F2N3. The summed E-state index contributed by atoms with van der Waals surface area (Å²) in [7, 11) is 0. The van der Waals surface area contributed by atoms with Crippen LogP contribution < -0.4 is 5.32 Å². The molecule has 0 unspecified atom stereocenters. The Labute approximate surface area is 87.9 Å². The average molecular weight is 215 g/mol. The summed E-state index contributed by atoms with van der Waals surface area (Å²) in [6.07, 6.45) is -2.39. The zero-order valence-corrected chi connectivity index (χ0v) is 9.09. The molecule has 0 atom stereocenters. The third-order valence-corrected chi connectivity index (χ3v) is 1.88. The molecule has 15 heavy (non-hydrogen) atoms. The highest BCUT2D eigenvalue weighted by Gasteiger charge is 2.07. The van der Waals surface area contributed by atoms with Gasteiger partial charge in [0.25, 0.3) is 6.43 Å². The van der Waals surface area contributed by atoms with Crippen LogP contribution in [0.1, 0.15) is 31.2 Å². The lowest BCUT2D eigenvalue weighted by molar-refractivity contribution is 0.163. The Kier molecular flexibility index (Phi) is 3.94. The predicted octanol–water partition coefficient (Wildman–Crippen LogP) is 2.59. The Hall–Kier alpha value is -1.26. The molecule has 0 fully saturated rings. The number of aryl methyl sites for hydroxylation is 1. The average Bonchev–Trinajstić information content (AvgIpc) is 2.13. The Balaban J connectivity index is 2.79. The summed E-state index contributed by atoms with van der Waals surface area (Å²) in [5, 5.41) is 2.51. The quantitative estimate of drug-likeness (QED) is 0.838. The van der Waals surface area contributed by atoms with Gasteiger partial charge in [-0.3, -0.25) is 0 Å². The van der Waals surface area contributed by atoms with Crippen LogP contribution in [0.5, 0.6) is 0 Å². The van der Waals surface area contributed by atoms with Crippen molar-refractivity contribution in [1.82, 2.24) is 9.97 Å². The lowest BCUT2D eigenvalue weighted by Gasteiger charge is -2.09. The van der Waals surface area contributed by atoms with E-state index in [0.717, 1.165) is 11.4 Å². The fourth-order valence-corrected chi connectivity index (χ4v) is 1.14. The molecule has 0 aromatic carbocycles. The van der Waals surface area contributed by atoms with Gasteiger partial charge in [0, 0.05) is 11.4 Å². The topological polar surface area (TPSA) is 37.8 Å². The molecule has 0 radical (unpaired) electrons. The fourth-order valence-electron chi connectivity index (χ4n) is 1.14. The van der Waals surface area contributed by atoms with Gasteiger partial charge in [0.05, 0.1) is 6.54 Å². The number of hydrogen-bond donors (Lipinski definition) is 1. The van der Waals surface area contributed by atoms with E-state index in [1.807, 2.05) is 26.8 Å². The van der Waals surface area contributed by atoms with Crippen LogP contribution >= 0.6 is 0 Å². The number of aromatic nitrogens is 2. The van der Waals surface area contributed by atoms with Crippen molar-refractivity contribution in [3.63, 3.8) is 0 Å². The predicted molar refractivity (Wildman–Crippen MR) is 55.4 cm³/mol. The summed E-state index contributed by atoms with van der Waals surface area (Å²) in [6, 6.07) is 1.86. The number of nitrogens with one attached hydrogen (secondary N) is 1. The largest absolute Gasteiger partial charge is 0.348 e. The summed E-state index contributed by atoms with van der Waals surface area (Å²) in [6.45, 7) is 5.40. The second-order valence-electron chi connectivity index (χ2n) is 3.68. The summed E-state index contributed by atoms with van der Waals surface area (Å²) in [5.41, 5.74) is 1.64. The summed E-state index contributed by atoms with van der Waals surface area (Å²) in [4.78, 5) is 8.18. The first-order valence-corrected chi connectivity index (χ1v) is 4.86. The van der Waals surface area contributed by atoms with E-state index < -0.39 is 13.0 Å². The smallest absolute Gasteiger partial charge is 0.255 e.